The molecule has 1 aliphatic heterocycles. The SMILES string of the molecule is O=C1CCCN1c1ccc(-c2cn3c(-c4ccccn4)c(-c4ccccn4)nnc3n2)cc1. The molecule has 8 heteroatoms. The summed E-state index contributed by atoms with van der Waals surface area (Å²) in [6.07, 6.45) is 6.94. The van der Waals surface area contributed by atoms with Gasteiger partial charge in [-0.1, -0.05) is 24.3 Å². The smallest absolute Gasteiger partial charge is 0.254 e. The second-order valence-corrected chi connectivity index (χ2v) is 7.82. The summed E-state index contributed by atoms with van der Waals surface area (Å²) in [5.41, 5.74) is 5.48. The van der Waals surface area contributed by atoms with E-state index in [1.165, 1.54) is 0 Å². The van der Waals surface area contributed by atoms with Crippen molar-refractivity contribution in [2.45, 2.75) is 12.8 Å². The van der Waals surface area contributed by atoms with Gasteiger partial charge in [0.1, 0.15) is 11.4 Å². The second kappa shape index (κ2) is 7.90. The second-order valence-electron chi connectivity index (χ2n) is 7.82. The summed E-state index contributed by atoms with van der Waals surface area (Å²) in [5, 5.41) is 8.82. The molecule has 1 aromatic carbocycles. The van der Waals surface area contributed by atoms with E-state index in [0.29, 0.717) is 23.6 Å². The summed E-state index contributed by atoms with van der Waals surface area (Å²) in [6.45, 7) is 0.770. The topological polar surface area (TPSA) is 89.2 Å². The van der Waals surface area contributed by atoms with Crippen LogP contribution in [0.4, 0.5) is 5.69 Å². The number of hydrogen-bond acceptors (Lipinski definition) is 6. The molecule has 0 bridgehead atoms. The lowest BCUT2D eigenvalue weighted by Gasteiger charge is -2.15. The number of pyridine rings is 2. The molecule has 4 aromatic heterocycles. The molecule has 1 saturated heterocycles. The molecule has 5 aromatic rings. The average Bonchev–Trinajstić information content (AvgIpc) is 3.51. The highest BCUT2D eigenvalue weighted by molar-refractivity contribution is 5.95. The highest BCUT2D eigenvalue weighted by atomic mass is 16.2. The molecule has 6 rings (SSSR count). The van der Waals surface area contributed by atoms with Gasteiger partial charge < -0.3 is 4.90 Å². The zero-order valence-corrected chi connectivity index (χ0v) is 17.7. The van der Waals surface area contributed by atoms with Crippen LogP contribution in [0.15, 0.2) is 79.3 Å². The maximum atomic E-state index is 12.1. The fourth-order valence-corrected chi connectivity index (χ4v) is 4.16. The number of aromatic nitrogens is 6. The lowest BCUT2D eigenvalue weighted by atomic mass is 10.1. The molecule has 1 amide bonds. The van der Waals surface area contributed by atoms with E-state index in [1.54, 1.807) is 12.4 Å². The van der Waals surface area contributed by atoms with Crippen LogP contribution in [0.1, 0.15) is 12.8 Å². The first kappa shape index (κ1) is 19.2. The van der Waals surface area contributed by atoms with Crippen LogP contribution in [0.25, 0.3) is 39.8 Å². The molecule has 0 radical (unpaired) electrons. The normalized spacial score (nSPS) is 13.7. The van der Waals surface area contributed by atoms with Gasteiger partial charge in [-0.25, -0.2) is 4.98 Å². The van der Waals surface area contributed by atoms with E-state index in [2.05, 4.69) is 20.2 Å². The molecule has 0 N–H and O–H groups in total. The number of nitrogens with zero attached hydrogens (tertiary/aromatic N) is 7. The van der Waals surface area contributed by atoms with Crippen molar-refractivity contribution in [3.05, 3.63) is 79.3 Å². The predicted molar refractivity (Wildman–Crippen MR) is 124 cm³/mol. The van der Waals surface area contributed by atoms with Gasteiger partial charge in [0, 0.05) is 42.8 Å². The van der Waals surface area contributed by atoms with Gasteiger partial charge in [0.15, 0.2) is 0 Å². The van der Waals surface area contributed by atoms with Gasteiger partial charge in [-0.15, -0.1) is 10.2 Å². The van der Waals surface area contributed by atoms with E-state index in [1.807, 2.05) is 76.2 Å². The number of carbonyl (C=O) groups is 1. The first-order valence-corrected chi connectivity index (χ1v) is 10.8. The van der Waals surface area contributed by atoms with Crippen LogP contribution < -0.4 is 4.90 Å². The number of hydrogen-bond donors (Lipinski definition) is 0. The third kappa shape index (κ3) is 3.41. The molecule has 0 aliphatic carbocycles. The maximum absolute atomic E-state index is 12.1. The Morgan fingerprint density at radius 2 is 1.55 bits per heavy atom. The summed E-state index contributed by atoms with van der Waals surface area (Å²) in [5.74, 6) is 0.650. The lowest BCUT2D eigenvalue weighted by Crippen LogP contribution is -2.23. The standard InChI is InChI=1S/C25H19N7O/c33-22-8-5-15-31(22)18-11-9-17(10-12-18)21-16-32-24(20-7-2-4-14-27-20)23(29-30-25(32)28-21)19-6-1-3-13-26-19/h1-4,6-7,9-14,16H,5,8,15H2. The minimum absolute atomic E-state index is 0.174. The molecule has 8 nitrogen and oxygen atoms in total. The molecule has 5 heterocycles. The van der Waals surface area contributed by atoms with Crippen molar-refractivity contribution < 1.29 is 4.79 Å². The van der Waals surface area contributed by atoms with Crippen molar-refractivity contribution in [2.75, 3.05) is 11.4 Å². The molecule has 0 atom stereocenters. The molecular weight excluding hydrogens is 414 g/mol. The lowest BCUT2D eigenvalue weighted by molar-refractivity contribution is -0.117. The number of carbonyl (C=O) groups excluding carboxylic acids is 1. The van der Waals surface area contributed by atoms with Crippen LogP contribution in [0.2, 0.25) is 0 Å². The van der Waals surface area contributed by atoms with Crippen LogP contribution in [-0.2, 0) is 4.79 Å². The van der Waals surface area contributed by atoms with E-state index >= 15 is 0 Å². The van der Waals surface area contributed by atoms with Crippen LogP contribution >= 0.6 is 0 Å². The van der Waals surface area contributed by atoms with Gasteiger partial charge in [0.25, 0.3) is 5.78 Å². The minimum atomic E-state index is 0.174. The van der Waals surface area contributed by atoms with Crippen molar-refractivity contribution >= 4 is 17.4 Å². The third-order valence-corrected chi connectivity index (χ3v) is 5.76. The molecule has 0 saturated carbocycles. The Labute approximate surface area is 189 Å². The Bertz CT molecular complexity index is 1450. The number of rotatable bonds is 4. The van der Waals surface area contributed by atoms with Gasteiger partial charge in [0.05, 0.1) is 17.1 Å². The highest BCUT2D eigenvalue weighted by Gasteiger charge is 2.22. The van der Waals surface area contributed by atoms with Gasteiger partial charge in [-0.05, 0) is 42.8 Å². The Hall–Kier alpha value is -4.46. The van der Waals surface area contributed by atoms with Gasteiger partial charge in [-0.2, -0.15) is 0 Å². The van der Waals surface area contributed by atoms with E-state index in [9.17, 15) is 4.79 Å². The summed E-state index contributed by atoms with van der Waals surface area (Å²) in [6, 6.07) is 19.3. The maximum Gasteiger partial charge on any atom is 0.254 e. The van der Waals surface area contributed by atoms with Crippen molar-refractivity contribution in [2.24, 2.45) is 0 Å². The number of benzene rings is 1. The zero-order valence-electron chi connectivity index (χ0n) is 17.7. The van der Waals surface area contributed by atoms with E-state index in [-0.39, 0.29) is 5.91 Å². The number of amides is 1. The average molecular weight is 433 g/mol. The molecule has 33 heavy (non-hydrogen) atoms. The zero-order chi connectivity index (χ0) is 22.2. The fraction of sp³-hybridized carbons (Fsp3) is 0.120. The van der Waals surface area contributed by atoms with E-state index < -0.39 is 0 Å². The Morgan fingerprint density at radius 1 is 0.788 bits per heavy atom. The van der Waals surface area contributed by atoms with Crippen LogP contribution in [0.5, 0.6) is 0 Å². The summed E-state index contributed by atoms with van der Waals surface area (Å²) >= 11 is 0. The first-order chi connectivity index (χ1) is 16.3. The molecule has 160 valence electrons. The Balaban J connectivity index is 1.47. The van der Waals surface area contributed by atoms with Gasteiger partial charge in [0.2, 0.25) is 5.91 Å². The quantitative estimate of drug-likeness (QED) is 0.425. The molecule has 0 unspecified atom stereocenters. The third-order valence-electron chi connectivity index (χ3n) is 5.76. The van der Waals surface area contributed by atoms with Crippen LogP contribution in [-0.4, -0.2) is 42.0 Å². The molecular formula is C25H19N7O. The largest absolute Gasteiger partial charge is 0.312 e. The summed E-state index contributed by atoms with van der Waals surface area (Å²) in [4.78, 5) is 27.6. The van der Waals surface area contributed by atoms with Crippen molar-refractivity contribution in [1.82, 2.24) is 29.5 Å². The number of imidazole rings is 1. The van der Waals surface area contributed by atoms with Crippen molar-refractivity contribution in [3.8, 4) is 34.0 Å². The minimum Gasteiger partial charge on any atom is -0.312 e. The van der Waals surface area contributed by atoms with E-state index in [4.69, 9.17) is 4.98 Å². The monoisotopic (exact) mass is 433 g/mol. The first-order valence-electron chi connectivity index (χ1n) is 10.8. The molecule has 0 spiro atoms. The molecule has 1 fully saturated rings. The van der Waals surface area contributed by atoms with E-state index in [0.717, 1.165) is 41.3 Å². The predicted octanol–water partition coefficient (Wildman–Crippen LogP) is 4.04. The summed E-state index contributed by atoms with van der Waals surface area (Å²) < 4.78 is 1.91. The van der Waals surface area contributed by atoms with Crippen molar-refractivity contribution in [3.63, 3.8) is 0 Å². The molecule has 1 aliphatic rings. The van der Waals surface area contributed by atoms with Gasteiger partial charge in [-0.3, -0.25) is 19.2 Å². The number of anilines is 1. The van der Waals surface area contributed by atoms with Gasteiger partial charge >= 0.3 is 0 Å². The number of fused-ring (bicyclic) bond motifs is 1. The summed E-state index contributed by atoms with van der Waals surface area (Å²) in [7, 11) is 0. The van der Waals surface area contributed by atoms with Crippen LogP contribution in [0, 0.1) is 0 Å². The van der Waals surface area contributed by atoms with Crippen molar-refractivity contribution in [1.29, 1.82) is 0 Å². The highest BCUT2D eigenvalue weighted by Crippen LogP contribution is 2.30. The Morgan fingerprint density at radius 3 is 2.21 bits per heavy atom. The Kier molecular flexibility index (Phi) is 4.61. The van der Waals surface area contributed by atoms with Crippen LogP contribution in [0.3, 0.4) is 0 Å². The fourth-order valence-electron chi connectivity index (χ4n) is 4.16.